The SMILES string of the molecule is COC(=O)N[C@H](C(=O)N1CCC[C@@H]1c1ncc(-c2ccc(-c3ccc(C(=O)OC)cc3)cc2)[nH]1)C(C)C. The maximum absolute atomic E-state index is 13.3. The van der Waals surface area contributed by atoms with Gasteiger partial charge in [0.2, 0.25) is 5.91 Å². The quantitative estimate of drug-likeness (QED) is 0.456. The average molecular weight is 505 g/mol. The van der Waals surface area contributed by atoms with E-state index in [1.807, 2.05) is 50.2 Å². The number of ether oxygens (including phenoxy) is 2. The highest BCUT2D eigenvalue weighted by atomic mass is 16.5. The number of esters is 1. The van der Waals surface area contributed by atoms with Crippen molar-refractivity contribution in [1.82, 2.24) is 20.2 Å². The molecule has 3 aromatic rings. The van der Waals surface area contributed by atoms with Crippen LogP contribution in [-0.4, -0.2) is 59.6 Å². The topological polar surface area (TPSA) is 114 Å². The molecule has 1 aromatic heterocycles. The summed E-state index contributed by atoms with van der Waals surface area (Å²) >= 11 is 0. The number of aromatic nitrogens is 2. The Kier molecular flexibility index (Phi) is 7.91. The van der Waals surface area contributed by atoms with Crippen molar-refractivity contribution in [3.05, 3.63) is 66.1 Å². The first-order valence-electron chi connectivity index (χ1n) is 12.3. The van der Waals surface area contributed by atoms with Gasteiger partial charge in [-0.3, -0.25) is 4.79 Å². The molecule has 2 heterocycles. The maximum Gasteiger partial charge on any atom is 0.407 e. The summed E-state index contributed by atoms with van der Waals surface area (Å²) < 4.78 is 9.46. The Morgan fingerprint density at radius 1 is 0.973 bits per heavy atom. The lowest BCUT2D eigenvalue weighted by molar-refractivity contribution is -0.135. The van der Waals surface area contributed by atoms with Crippen molar-refractivity contribution in [2.75, 3.05) is 20.8 Å². The van der Waals surface area contributed by atoms with Gasteiger partial charge in [-0.1, -0.05) is 50.2 Å². The lowest BCUT2D eigenvalue weighted by Crippen LogP contribution is -2.51. The normalized spacial score (nSPS) is 15.9. The van der Waals surface area contributed by atoms with E-state index in [2.05, 4.69) is 15.3 Å². The molecule has 2 aromatic carbocycles. The lowest BCUT2D eigenvalue weighted by atomic mass is 10.0. The van der Waals surface area contributed by atoms with Gasteiger partial charge in [-0.05, 0) is 47.6 Å². The third-order valence-electron chi connectivity index (χ3n) is 6.67. The Hall–Kier alpha value is -4.14. The number of H-pyrrole nitrogens is 1. The molecule has 1 aliphatic rings. The number of likely N-dealkylation sites (tertiary alicyclic amines) is 1. The Morgan fingerprint density at radius 2 is 1.59 bits per heavy atom. The second kappa shape index (κ2) is 11.3. The van der Waals surface area contributed by atoms with Crippen molar-refractivity contribution < 1.29 is 23.9 Å². The highest BCUT2D eigenvalue weighted by molar-refractivity contribution is 5.90. The summed E-state index contributed by atoms with van der Waals surface area (Å²) in [6.45, 7) is 4.40. The van der Waals surface area contributed by atoms with Gasteiger partial charge in [0.1, 0.15) is 11.9 Å². The van der Waals surface area contributed by atoms with Crippen LogP contribution in [0.15, 0.2) is 54.7 Å². The maximum atomic E-state index is 13.3. The molecule has 9 heteroatoms. The summed E-state index contributed by atoms with van der Waals surface area (Å²) in [5.41, 5.74) is 4.34. The number of aromatic amines is 1. The third kappa shape index (κ3) is 5.66. The molecule has 2 atom stereocenters. The predicted octanol–water partition coefficient (Wildman–Crippen LogP) is 4.57. The number of hydrogen-bond acceptors (Lipinski definition) is 6. The molecule has 0 saturated carbocycles. The van der Waals surface area contributed by atoms with E-state index >= 15 is 0 Å². The fraction of sp³-hybridized carbons (Fsp3) is 0.357. The number of benzene rings is 2. The van der Waals surface area contributed by atoms with Crippen LogP contribution in [0, 0.1) is 5.92 Å². The van der Waals surface area contributed by atoms with Gasteiger partial charge < -0.3 is 24.7 Å². The van der Waals surface area contributed by atoms with E-state index in [1.54, 1.807) is 23.2 Å². The minimum absolute atomic E-state index is 0.0878. The summed E-state index contributed by atoms with van der Waals surface area (Å²) in [5, 5.41) is 2.67. The Labute approximate surface area is 216 Å². The van der Waals surface area contributed by atoms with E-state index in [-0.39, 0.29) is 23.8 Å². The Balaban J connectivity index is 1.49. The molecule has 0 unspecified atom stereocenters. The van der Waals surface area contributed by atoms with Gasteiger partial charge in [0.05, 0.1) is 37.7 Å². The highest BCUT2D eigenvalue weighted by Crippen LogP contribution is 2.33. The van der Waals surface area contributed by atoms with Crippen LogP contribution in [0.1, 0.15) is 48.9 Å². The average Bonchev–Trinajstić information content (AvgIpc) is 3.61. The second-order valence-corrected chi connectivity index (χ2v) is 9.38. The van der Waals surface area contributed by atoms with Gasteiger partial charge in [-0.2, -0.15) is 0 Å². The van der Waals surface area contributed by atoms with Crippen molar-refractivity contribution in [3.8, 4) is 22.4 Å². The van der Waals surface area contributed by atoms with Crippen LogP contribution in [0.4, 0.5) is 4.79 Å². The molecule has 1 aliphatic heterocycles. The zero-order chi connectivity index (χ0) is 26.5. The first-order chi connectivity index (χ1) is 17.8. The van der Waals surface area contributed by atoms with Crippen LogP contribution >= 0.6 is 0 Å². The number of carbonyl (C=O) groups excluding carboxylic acids is 3. The number of imidazole rings is 1. The summed E-state index contributed by atoms with van der Waals surface area (Å²) in [6, 6.07) is 14.5. The molecule has 2 N–H and O–H groups in total. The number of nitrogens with zero attached hydrogens (tertiary/aromatic N) is 2. The fourth-order valence-electron chi connectivity index (χ4n) is 4.60. The van der Waals surface area contributed by atoms with Gasteiger partial charge in [0, 0.05) is 6.54 Å². The molecule has 2 amide bonds. The standard InChI is InChI=1S/C28H32N4O5/c1-17(2)24(31-28(35)37-4)26(33)32-15-5-6-23(32)25-29-16-22(30-25)20-11-7-18(8-12-20)19-9-13-21(14-10-19)27(34)36-3/h7-14,16-17,23-24H,5-6,15H2,1-4H3,(H,29,30)(H,31,35)/t23-,24+/m1/s1. The van der Waals surface area contributed by atoms with E-state index in [0.717, 1.165) is 41.1 Å². The third-order valence-corrected chi connectivity index (χ3v) is 6.67. The Morgan fingerprint density at radius 3 is 2.19 bits per heavy atom. The van der Waals surface area contributed by atoms with Crippen LogP contribution in [0.3, 0.4) is 0 Å². The first kappa shape index (κ1) is 25.9. The number of carbonyl (C=O) groups is 3. The van der Waals surface area contributed by atoms with Crippen molar-refractivity contribution >= 4 is 18.0 Å². The van der Waals surface area contributed by atoms with Crippen LogP contribution in [-0.2, 0) is 14.3 Å². The largest absolute Gasteiger partial charge is 0.465 e. The lowest BCUT2D eigenvalue weighted by Gasteiger charge is -2.30. The van der Waals surface area contributed by atoms with E-state index in [0.29, 0.717) is 12.1 Å². The second-order valence-electron chi connectivity index (χ2n) is 9.38. The van der Waals surface area contributed by atoms with Crippen molar-refractivity contribution in [2.24, 2.45) is 5.92 Å². The minimum Gasteiger partial charge on any atom is -0.465 e. The van der Waals surface area contributed by atoms with E-state index < -0.39 is 12.1 Å². The number of hydrogen-bond donors (Lipinski definition) is 2. The molecule has 37 heavy (non-hydrogen) atoms. The molecule has 9 nitrogen and oxygen atoms in total. The molecule has 0 spiro atoms. The van der Waals surface area contributed by atoms with Gasteiger partial charge in [-0.15, -0.1) is 0 Å². The van der Waals surface area contributed by atoms with E-state index in [1.165, 1.54) is 14.2 Å². The van der Waals surface area contributed by atoms with E-state index in [4.69, 9.17) is 9.47 Å². The van der Waals surface area contributed by atoms with Crippen molar-refractivity contribution in [2.45, 2.75) is 38.8 Å². The number of alkyl carbamates (subject to hydrolysis) is 1. The summed E-state index contributed by atoms with van der Waals surface area (Å²) in [6.07, 6.45) is 2.82. The zero-order valence-corrected chi connectivity index (χ0v) is 21.5. The molecule has 0 radical (unpaired) electrons. The van der Waals surface area contributed by atoms with Crippen LogP contribution < -0.4 is 5.32 Å². The van der Waals surface area contributed by atoms with Gasteiger partial charge in [0.25, 0.3) is 0 Å². The number of amides is 2. The molecule has 194 valence electrons. The number of methoxy groups -OCH3 is 2. The molecule has 0 aliphatic carbocycles. The molecule has 4 rings (SSSR count). The van der Waals surface area contributed by atoms with Crippen LogP contribution in [0.2, 0.25) is 0 Å². The number of rotatable bonds is 7. The van der Waals surface area contributed by atoms with Crippen LogP contribution in [0.5, 0.6) is 0 Å². The highest BCUT2D eigenvalue weighted by Gasteiger charge is 2.37. The number of nitrogens with one attached hydrogen (secondary N) is 2. The predicted molar refractivity (Wildman–Crippen MR) is 139 cm³/mol. The molecular formula is C28H32N4O5. The zero-order valence-electron chi connectivity index (χ0n) is 21.5. The summed E-state index contributed by atoms with van der Waals surface area (Å²) in [5.74, 6) is 0.140. The molecule has 0 bridgehead atoms. The van der Waals surface area contributed by atoms with Gasteiger partial charge in [-0.25, -0.2) is 14.6 Å². The van der Waals surface area contributed by atoms with Gasteiger partial charge >= 0.3 is 12.1 Å². The molecular weight excluding hydrogens is 472 g/mol. The fourth-order valence-corrected chi connectivity index (χ4v) is 4.60. The molecule has 1 fully saturated rings. The van der Waals surface area contributed by atoms with Gasteiger partial charge in [0.15, 0.2) is 0 Å². The van der Waals surface area contributed by atoms with E-state index in [9.17, 15) is 14.4 Å². The van der Waals surface area contributed by atoms with Crippen molar-refractivity contribution in [3.63, 3.8) is 0 Å². The Bertz CT molecular complexity index is 1250. The van der Waals surface area contributed by atoms with Crippen LogP contribution in [0.25, 0.3) is 22.4 Å². The smallest absolute Gasteiger partial charge is 0.407 e. The monoisotopic (exact) mass is 504 g/mol. The van der Waals surface area contributed by atoms with Crippen molar-refractivity contribution in [1.29, 1.82) is 0 Å². The summed E-state index contributed by atoms with van der Waals surface area (Å²) in [7, 11) is 2.65. The minimum atomic E-state index is -0.670. The summed E-state index contributed by atoms with van der Waals surface area (Å²) in [4.78, 5) is 46.6. The molecule has 1 saturated heterocycles. The first-order valence-corrected chi connectivity index (χ1v) is 12.3.